The smallest absolute Gasteiger partial charge is 0.191 e. The number of anilines is 1. The van der Waals surface area contributed by atoms with Gasteiger partial charge in [0.2, 0.25) is 0 Å². The number of hydrogen-bond acceptors (Lipinski definition) is 3. The molecular formula is C20H25ClN4O. The summed E-state index contributed by atoms with van der Waals surface area (Å²) in [5.41, 5.74) is 9.70. The Labute approximate surface area is 160 Å². The number of benzene rings is 2. The van der Waals surface area contributed by atoms with Crippen molar-refractivity contribution in [2.24, 2.45) is 10.7 Å². The number of halogens is 1. The Morgan fingerprint density at radius 3 is 2.46 bits per heavy atom. The van der Waals surface area contributed by atoms with Gasteiger partial charge in [0.05, 0.1) is 13.2 Å². The Balaban J connectivity index is 1.54. The van der Waals surface area contributed by atoms with Gasteiger partial charge in [-0.05, 0) is 35.4 Å². The van der Waals surface area contributed by atoms with E-state index in [0.29, 0.717) is 19.1 Å². The van der Waals surface area contributed by atoms with Crippen LogP contribution in [0.15, 0.2) is 53.5 Å². The maximum atomic E-state index is 6.21. The highest BCUT2D eigenvalue weighted by Crippen LogP contribution is 2.19. The first-order valence-electron chi connectivity index (χ1n) is 8.78. The van der Waals surface area contributed by atoms with E-state index in [-0.39, 0.29) is 0 Å². The van der Waals surface area contributed by atoms with Crippen LogP contribution in [0.2, 0.25) is 5.02 Å². The average molecular weight is 373 g/mol. The third kappa shape index (κ3) is 4.90. The maximum absolute atomic E-state index is 6.21. The van der Waals surface area contributed by atoms with Crippen LogP contribution in [0.1, 0.15) is 11.1 Å². The van der Waals surface area contributed by atoms with Gasteiger partial charge in [0, 0.05) is 44.0 Å². The van der Waals surface area contributed by atoms with Crippen LogP contribution in [-0.2, 0) is 17.9 Å². The first-order chi connectivity index (χ1) is 12.7. The zero-order valence-corrected chi connectivity index (χ0v) is 15.8. The maximum Gasteiger partial charge on any atom is 0.191 e. The number of hydrogen-bond donors (Lipinski definition) is 1. The summed E-state index contributed by atoms with van der Waals surface area (Å²) in [6, 6.07) is 16.2. The van der Waals surface area contributed by atoms with Crippen LogP contribution in [-0.4, -0.2) is 44.1 Å². The van der Waals surface area contributed by atoms with Crippen molar-refractivity contribution >= 4 is 23.2 Å². The minimum Gasteiger partial charge on any atom is -0.380 e. The lowest BCUT2D eigenvalue weighted by Gasteiger charge is -2.36. The summed E-state index contributed by atoms with van der Waals surface area (Å²) in [4.78, 5) is 9.06. The molecule has 0 atom stereocenters. The van der Waals surface area contributed by atoms with E-state index < -0.39 is 0 Å². The van der Waals surface area contributed by atoms with E-state index >= 15 is 0 Å². The lowest BCUT2D eigenvalue weighted by atomic mass is 10.1. The Bertz CT molecular complexity index is 740. The molecule has 0 aromatic heterocycles. The Hall–Kier alpha value is -2.24. The van der Waals surface area contributed by atoms with Gasteiger partial charge in [-0.1, -0.05) is 35.9 Å². The van der Waals surface area contributed by atoms with Gasteiger partial charge in [-0.2, -0.15) is 0 Å². The van der Waals surface area contributed by atoms with E-state index in [2.05, 4.69) is 45.1 Å². The molecule has 1 fully saturated rings. The predicted molar refractivity (Wildman–Crippen MR) is 108 cm³/mol. The predicted octanol–water partition coefficient (Wildman–Crippen LogP) is 3.12. The third-order valence-corrected chi connectivity index (χ3v) is 4.77. The lowest BCUT2D eigenvalue weighted by molar-refractivity contribution is 0.185. The standard InChI is InChI=1S/C20H25ClN4O/c1-26-15-17-4-2-3-16(13-17)14-23-20(22)25-11-9-24(10-12-25)19-7-5-18(21)6-8-19/h2-8,13H,9-12,14-15H2,1H3,(H2,22,23). The summed E-state index contributed by atoms with van der Waals surface area (Å²) in [5, 5.41) is 0.762. The second kappa shape index (κ2) is 8.92. The molecule has 0 spiro atoms. The van der Waals surface area contributed by atoms with Gasteiger partial charge >= 0.3 is 0 Å². The summed E-state index contributed by atoms with van der Waals surface area (Å²) in [5.74, 6) is 0.609. The van der Waals surface area contributed by atoms with Gasteiger partial charge in [-0.25, -0.2) is 4.99 Å². The molecule has 6 heteroatoms. The van der Waals surface area contributed by atoms with Crippen molar-refractivity contribution in [2.45, 2.75) is 13.2 Å². The molecule has 2 aromatic carbocycles. The molecule has 1 heterocycles. The van der Waals surface area contributed by atoms with Gasteiger partial charge in [0.1, 0.15) is 0 Å². The number of nitrogens with zero attached hydrogens (tertiary/aromatic N) is 3. The molecule has 2 N–H and O–H groups in total. The molecule has 0 amide bonds. The fourth-order valence-electron chi connectivity index (χ4n) is 3.10. The molecule has 0 unspecified atom stereocenters. The van der Waals surface area contributed by atoms with E-state index in [1.54, 1.807) is 7.11 Å². The van der Waals surface area contributed by atoms with Crippen LogP contribution in [0.25, 0.3) is 0 Å². The van der Waals surface area contributed by atoms with Gasteiger partial charge in [0.15, 0.2) is 5.96 Å². The van der Waals surface area contributed by atoms with Crippen LogP contribution in [0.3, 0.4) is 0 Å². The summed E-state index contributed by atoms with van der Waals surface area (Å²) < 4.78 is 5.18. The summed E-state index contributed by atoms with van der Waals surface area (Å²) in [6.45, 7) is 4.76. The Morgan fingerprint density at radius 1 is 1.08 bits per heavy atom. The van der Waals surface area contributed by atoms with Crippen molar-refractivity contribution in [1.82, 2.24) is 4.90 Å². The van der Waals surface area contributed by atoms with Crippen LogP contribution in [0, 0.1) is 0 Å². The van der Waals surface area contributed by atoms with Crippen molar-refractivity contribution in [3.8, 4) is 0 Å². The van der Waals surface area contributed by atoms with Crippen LogP contribution < -0.4 is 10.6 Å². The highest BCUT2D eigenvalue weighted by molar-refractivity contribution is 6.30. The number of rotatable bonds is 5. The first kappa shape index (κ1) is 18.5. The number of methoxy groups -OCH3 is 1. The minimum absolute atomic E-state index is 0.584. The molecule has 3 rings (SSSR count). The highest BCUT2D eigenvalue weighted by Gasteiger charge is 2.18. The quantitative estimate of drug-likeness (QED) is 0.647. The molecule has 1 aliphatic rings. The molecule has 1 aliphatic heterocycles. The molecule has 5 nitrogen and oxygen atoms in total. The zero-order chi connectivity index (χ0) is 18.4. The first-order valence-corrected chi connectivity index (χ1v) is 9.15. The summed E-state index contributed by atoms with van der Waals surface area (Å²) >= 11 is 5.96. The minimum atomic E-state index is 0.584. The van der Waals surface area contributed by atoms with E-state index in [1.807, 2.05) is 18.2 Å². The SMILES string of the molecule is COCc1cccc(CN=C(N)N2CCN(c3ccc(Cl)cc3)CC2)c1. The number of guanidine groups is 1. The molecule has 138 valence electrons. The second-order valence-corrected chi connectivity index (χ2v) is 6.81. The zero-order valence-electron chi connectivity index (χ0n) is 15.1. The fraction of sp³-hybridized carbons (Fsp3) is 0.350. The highest BCUT2D eigenvalue weighted by atomic mass is 35.5. The average Bonchev–Trinajstić information content (AvgIpc) is 2.67. The monoisotopic (exact) mass is 372 g/mol. The topological polar surface area (TPSA) is 54.1 Å². The van der Waals surface area contributed by atoms with Gasteiger partial charge in [-0.3, -0.25) is 0 Å². The number of aliphatic imine (C=N–C) groups is 1. The van der Waals surface area contributed by atoms with E-state index in [9.17, 15) is 0 Å². The fourth-order valence-corrected chi connectivity index (χ4v) is 3.23. The largest absolute Gasteiger partial charge is 0.380 e. The van der Waals surface area contributed by atoms with E-state index in [1.165, 1.54) is 5.69 Å². The molecule has 1 saturated heterocycles. The third-order valence-electron chi connectivity index (χ3n) is 4.52. The van der Waals surface area contributed by atoms with Crippen LogP contribution >= 0.6 is 11.6 Å². The number of nitrogens with two attached hydrogens (primary N) is 1. The van der Waals surface area contributed by atoms with Gasteiger partial charge in [0.25, 0.3) is 0 Å². The Kier molecular flexibility index (Phi) is 6.36. The van der Waals surface area contributed by atoms with Gasteiger partial charge < -0.3 is 20.3 Å². The molecule has 0 bridgehead atoms. The molecule has 2 aromatic rings. The molecule has 26 heavy (non-hydrogen) atoms. The van der Waals surface area contributed by atoms with Crippen LogP contribution in [0.5, 0.6) is 0 Å². The van der Waals surface area contributed by atoms with Gasteiger partial charge in [-0.15, -0.1) is 0 Å². The summed E-state index contributed by atoms with van der Waals surface area (Å²) in [7, 11) is 1.70. The lowest BCUT2D eigenvalue weighted by Crippen LogP contribution is -2.51. The molecular weight excluding hydrogens is 348 g/mol. The molecule has 0 aliphatic carbocycles. The van der Waals surface area contributed by atoms with Crippen molar-refractivity contribution in [3.05, 3.63) is 64.7 Å². The van der Waals surface area contributed by atoms with E-state index in [4.69, 9.17) is 22.1 Å². The Morgan fingerprint density at radius 2 is 1.77 bits per heavy atom. The van der Waals surface area contributed by atoms with Crippen molar-refractivity contribution < 1.29 is 4.74 Å². The molecule has 0 saturated carbocycles. The second-order valence-electron chi connectivity index (χ2n) is 6.38. The molecule has 0 radical (unpaired) electrons. The van der Waals surface area contributed by atoms with Crippen molar-refractivity contribution in [2.75, 3.05) is 38.2 Å². The summed E-state index contributed by atoms with van der Waals surface area (Å²) in [6.07, 6.45) is 0. The number of piperazine rings is 1. The van der Waals surface area contributed by atoms with Crippen LogP contribution in [0.4, 0.5) is 5.69 Å². The van der Waals surface area contributed by atoms with Crippen molar-refractivity contribution in [3.63, 3.8) is 0 Å². The van der Waals surface area contributed by atoms with E-state index in [0.717, 1.165) is 42.3 Å². The number of ether oxygens (including phenoxy) is 1. The van der Waals surface area contributed by atoms with Crippen molar-refractivity contribution in [1.29, 1.82) is 0 Å². The normalized spacial score (nSPS) is 15.4.